The lowest BCUT2D eigenvalue weighted by atomic mass is 10.2. The van der Waals surface area contributed by atoms with Crippen LogP contribution in [-0.4, -0.2) is 28.1 Å². The van der Waals surface area contributed by atoms with Crippen molar-refractivity contribution in [1.29, 1.82) is 0 Å². The Balaban J connectivity index is 2.90. The Labute approximate surface area is 91.7 Å². The maximum atomic E-state index is 11.2. The molecule has 1 aromatic rings. The number of phenols is 1. The maximum Gasteiger partial charge on any atom is 0.339 e. The smallest absolute Gasteiger partial charge is 0.339 e. The summed E-state index contributed by atoms with van der Waals surface area (Å²) in [4.78, 5) is 21.8. The number of carboxylic acids is 1. The highest BCUT2D eigenvalue weighted by molar-refractivity contribution is 5.96. The molecule has 0 fully saturated rings. The normalized spacial score (nSPS) is 11.9. The second-order valence-corrected chi connectivity index (χ2v) is 3.32. The summed E-state index contributed by atoms with van der Waals surface area (Å²) >= 11 is 0. The van der Waals surface area contributed by atoms with Crippen molar-refractivity contribution in [2.45, 2.75) is 13.0 Å². The van der Waals surface area contributed by atoms with Gasteiger partial charge in [-0.2, -0.15) is 0 Å². The van der Waals surface area contributed by atoms with Gasteiger partial charge in [0, 0.05) is 11.8 Å². The summed E-state index contributed by atoms with van der Waals surface area (Å²) in [5.74, 6) is -2.06. The summed E-state index contributed by atoms with van der Waals surface area (Å²) in [6.45, 7) is 1.51. The van der Waals surface area contributed by atoms with Gasteiger partial charge in [-0.1, -0.05) is 0 Å². The van der Waals surface area contributed by atoms with Gasteiger partial charge < -0.3 is 21.3 Å². The van der Waals surface area contributed by atoms with E-state index in [0.717, 1.165) is 6.07 Å². The minimum atomic E-state index is -1.23. The molecule has 6 nitrogen and oxygen atoms in total. The van der Waals surface area contributed by atoms with Gasteiger partial charge in [0.05, 0.1) is 6.04 Å². The molecule has 16 heavy (non-hydrogen) atoms. The summed E-state index contributed by atoms with van der Waals surface area (Å²) in [6, 6.07) is 3.06. The SMILES string of the molecule is C[C@H](N)C(=O)Nc1ccc(C(=O)O)c(O)c1. The average Bonchev–Trinajstić information content (AvgIpc) is 2.16. The van der Waals surface area contributed by atoms with Gasteiger partial charge in [-0.3, -0.25) is 4.79 Å². The van der Waals surface area contributed by atoms with Crippen LogP contribution < -0.4 is 11.1 Å². The van der Waals surface area contributed by atoms with E-state index in [2.05, 4.69) is 5.32 Å². The lowest BCUT2D eigenvalue weighted by Gasteiger charge is -2.08. The van der Waals surface area contributed by atoms with Gasteiger partial charge in [0.1, 0.15) is 11.3 Å². The third kappa shape index (κ3) is 2.71. The van der Waals surface area contributed by atoms with Crippen LogP contribution in [0.4, 0.5) is 5.69 Å². The van der Waals surface area contributed by atoms with Crippen molar-refractivity contribution in [1.82, 2.24) is 0 Å². The van der Waals surface area contributed by atoms with Gasteiger partial charge in [-0.05, 0) is 19.1 Å². The number of carbonyl (C=O) groups excluding carboxylic acids is 1. The van der Waals surface area contributed by atoms with E-state index in [1.807, 2.05) is 0 Å². The van der Waals surface area contributed by atoms with Crippen molar-refractivity contribution in [2.24, 2.45) is 5.73 Å². The van der Waals surface area contributed by atoms with Crippen LogP contribution in [-0.2, 0) is 4.79 Å². The van der Waals surface area contributed by atoms with E-state index >= 15 is 0 Å². The van der Waals surface area contributed by atoms with Crippen molar-refractivity contribution in [3.8, 4) is 5.75 Å². The fourth-order valence-electron chi connectivity index (χ4n) is 1.05. The van der Waals surface area contributed by atoms with Crippen LogP contribution in [0.1, 0.15) is 17.3 Å². The van der Waals surface area contributed by atoms with Crippen molar-refractivity contribution in [2.75, 3.05) is 5.32 Å². The number of benzene rings is 1. The Morgan fingerprint density at radius 1 is 1.44 bits per heavy atom. The Hall–Kier alpha value is -2.08. The number of carbonyl (C=O) groups is 2. The number of nitrogens with two attached hydrogens (primary N) is 1. The summed E-state index contributed by atoms with van der Waals surface area (Å²) in [6.07, 6.45) is 0. The molecule has 5 N–H and O–H groups in total. The molecular formula is C10H12N2O4. The molecule has 0 spiro atoms. The molecule has 1 rings (SSSR count). The lowest BCUT2D eigenvalue weighted by Crippen LogP contribution is -2.32. The van der Waals surface area contributed by atoms with Crippen LogP contribution in [0.15, 0.2) is 18.2 Å². The molecule has 0 saturated carbocycles. The van der Waals surface area contributed by atoms with Crippen LogP contribution in [0.5, 0.6) is 5.75 Å². The molecule has 0 aromatic heterocycles. The topological polar surface area (TPSA) is 113 Å². The lowest BCUT2D eigenvalue weighted by molar-refractivity contribution is -0.117. The molecule has 0 aliphatic rings. The van der Waals surface area contributed by atoms with E-state index in [0.29, 0.717) is 5.69 Å². The zero-order valence-corrected chi connectivity index (χ0v) is 8.60. The van der Waals surface area contributed by atoms with Gasteiger partial charge in [0.25, 0.3) is 0 Å². The number of nitrogens with one attached hydrogen (secondary N) is 1. The molecule has 0 radical (unpaired) electrons. The van der Waals surface area contributed by atoms with Gasteiger partial charge in [-0.15, -0.1) is 0 Å². The standard InChI is InChI=1S/C10H12N2O4/c1-5(11)9(14)12-6-2-3-7(10(15)16)8(13)4-6/h2-5,13H,11H2,1H3,(H,12,14)(H,15,16)/t5-/m0/s1. The number of aromatic hydroxyl groups is 1. The van der Waals surface area contributed by atoms with Crippen LogP contribution in [0.2, 0.25) is 0 Å². The highest BCUT2D eigenvalue weighted by Crippen LogP contribution is 2.21. The van der Waals surface area contributed by atoms with Gasteiger partial charge in [0.2, 0.25) is 5.91 Å². The molecule has 86 valence electrons. The molecular weight excluding hydrogens is 212 g/mol. The molecule has 0 aliphatic heterocycles. The minimum absolute atomic E-state index is 0.223. The fraction of sp³-hybridized carbons (Fsp3) is 0.200. The third-order valence-electron chi connectivity index (χ3n) is 1.91. The molecule has 0 aliphatic carbocycles. The number of hydrogen-bond acceptors (Lipinski definition) is 4. The second kappa shape index (κ2) is 4.63. The van der Waals surface area contributed by atoms with Crippen LogP contribution in [0, 0.1) is 0 Å². The predicted molar refractivity (Wildman–Crippen MR) is 57.3 cm³/mol. The van der Waals surface area contributed by atoms with E-state index < -0.39 is 23.7 Å². The zero-order valence-electron chi connectivity index (χ0n) is 8.60. The van der Waals surface area contributed by atoms with Crippen LogP contribution in [0.3, 0.4) is 0 Å². The quantitative estimate of drug-likeness (QED) is 0.592. The first-order valence-corrected chi connectivity index (χ1v) is 4.54. The first kappa shape index (κ1) is 12.0. The molecule has 0 saturated heterocycles. The number of rotatable bonds is 3. The Kier molecular flexibility index (Phi) is 3.47. The van der Waals surface area contributed by atoms with Crippen molar-refractivity contribution in [3.05, 3.63) is 23.8 Å². The van der Waals surface area contributed by atoms with Crippen LogP contribution in [0.25, 0.3) is 0 Å². The van der Waals surface area contributed by atoms with Gasteiger partial charge in [-0.25, -0.2) is 4.79 Å². The fourth-order valence-corrected chi connectivity index (χ4v) is 1.05. The number of hydrogen-bond donors (Lipinski definition) is 4. The molecule has 6 heteroatoms. The summed E-state index contributed by atoms with van der Waals surface area (Å²) in [5.41, 5.74) is 5.40. The highest BCUT2D eigenvalue weighted by atomic mass is 16.4. The third-order valence-corrected chi connectivity index (χ3v) is 1.91. The van der Waals surface area contributed by atoms with E-state index in [-0.39, 0.29) is 5.56 Å². The first-order valence-electron chi connectivity index (χ1n) is 4.54. The summed E-state index contributed by atoms with van der Waals surface area (Å²) in [5, 5.41) is 20.4. The number of carboxylic acid groups (broad SMARTS) is 1. The Bertz CT molecular complexity index is 429. The monoisotopic (exact) mass is 224 g/mol. The Morgan fingerprint density at radius 3 is 2.50 bits per heavy atom. The predicted octanol–water partition coefficient (Wildman–Crippen LogP) is 0.376. The van der Waals surface area contributed by atoms with E-state index in [9.17, 15) is 14.7 Å². The van der Waals surface area contributed by atoms with E-state index in [1.54, 1.807) is 0 Å². The van der Waals surface area contributed by atoms with Crippen molar-refractivity contribution >= 4 is 17.6 Å². The molecule has 0 unspecified atom stereocenters. The van der Waals surface area contributed by atoms with Crippen molar-refractivity contribution in [3.63, 3.8) is 0 Å². The molecule has 0 bridgehead atoms. The Morgan fingerprint density at radius 2 is 2.06 bits per heavy atom. The molecule has 1 atom stereocenters. The average molecular weight is 224 g/mol. The van der Waals surface area contributed by atoms with Gasteiger partial charge in [0.15, 0.2) is 0 Å². The second-order valence-electron chi connectivity index (χ2n) is 3.32. The van der Waals surface area contributed by atoms with Crippen LogP contribution >= 0.6 is 0 Å². The zero-order chi connectivity index (χ0) is 12.3. The number of aromatic carboxylic acids is 1. The van der Waals surface area contributed by atoms with Gasteiger partial charge >= 0.3 is 5.97 Å². The molecule has 1 aromatic carbocycles. The first-order chi connectivity index (χ1) is 7.41. The number of anilines is 1. The summed E-state index contributed by atoms with van der Waals surface area (Å²) in [7, 11) is 0. The molecule has 1 amide bonds. The minimum Gasteiger partial charge on any atom is -0.507 e. The number of amides is 1. The highest BCUT2D eigenvalue weighted by Gasteiger charge is 2.12. The van der Waals surface area contributed by atoms with Crippen molar-refractivity contribution < 1.29 is 19.8 Å². The largest absolute Gasteiger partial charge is 0.507 e. The summed E-state index contributed by atoms with van der Waals surface area (Å²) < 4.78 is 0. The van der Waals surface area contributed by atoms with E-state index in [1.165, 1.54) is 19.1 Å². The maximum absolute atomic E-state index is 11.2. The van der Waals surface area contributed by atoms with E-state index in [4.69, 9.17) is 10.8 Å². The molecule has 0 heterocycles.